The van der Waals surface area contributed by atoms with Crippen molar-refractivity contribution in [1.29, 1.82) is 0 Å². The number of amides is 1. The highest BCUT2D eigenvalue weighted by Crippen LogP contribution is 2.25. The number of carbonyl (C=O) groups excluding carboxylic acids is 2. The molecule has 2 aromatic rings. The van der Waals surface area contributed by atoms with Crippen molar-refractivity contribution < 1.29 is 37.0 Å². The predicted molar refractivity (Wildman–Crippen MR) is 99.5 cm³/mol. The zero-order chi connectivity index (χ0) is 21.4. The van der Waals surface area contributed by atoms with E-state index in [0.29, 0.717) is 17.0 Å². The van der Waals surface area contributed by atoms with E-state index in [9.17, 15) is 22.8 Å². The number of aryl methyl sites for hydroxylation is 1. The molecule has 6 nitrogen and oxygen atoms in total. The van der Waals surface area contributed by atoms with Gasteiger partial charge in [-0.2, -0.15) is 0 Å². The van der Waals surface area contributed by atoms with E-state index in [1.807, 2.05) is 13.0 Å². The van der Waals surface area contributed by atoms with E-state index in [1.54, 1.807) is 12.1 Å². The second-order valence-corrected chi connectivity index (χ2v) is 5.81. The molecule has 9 heteroatoms. The molecule has 1 amide bonds. The molecule has 2 aromatic carbocycles. The summed E-state index contributed by atoms with van der Waals surface area (Å²) < 4.78 is 50.1. The summed E-state index contributed by atoms with van der Waals surface area (Å²) in [6, 6.07) is 10.1. The van der Waals surface area contributed by atoms with Crippen LogP contribution in [0.4, 0.5) is 18.9 Å². The van der Waals surface area contributed by atoms with E-state index in [-0.39, 0.29) is 5.75 Å². The minimum Gasteiger partial charge on any atom is -0.495 e. The minimum atomic E-state index is -4.77. The third-order valence-corrected chi connectivity index (χ3v) is 3.50. The normalized spacial score (nSPS) is 11.2. The highest BCUT2D eigenvalue weighted by Gasteiger charge is 2.30. The summed E-state index contributed by atoms with van der Waals surface area (Å²) in [5, 5.41) is 2.59. The van der Waals surface area contributed by atoms with Gasteiger partial charge in [-0.3, -0.25) is 4.79 Å². The smallest absolute Gasteiger partial charge is 0.495 e. The first-order chi connectivity index (χ1) is 13.7. The van der Waals surface area contributed by atoms with Crippen molar-refractivity contribution in [3.05, 3.63) is 59.7 Å². The highest BCUT2D eigenvalue weighted by molar-refractivity contribution is 5.95. The fourth-order valence-electron chi connectivity index (χ4n) is 2.24. The number of alkyl halides is 3. The number of anilines is 1. The molecule has 0 aromatic heterocycles. The monoisotopic (exact) mass is 409 g/mol. The Morgan fingerprint density at radius 1 is 1.10 bits per heavy atom. The Labute approximate surface area is 164 Å². The molecule has 0 aliphatic carbocycles. The van der Waals surface area contributed by atoms with Gasteiger partial charge in [-0.05, 0) is 48.4 Å². The number of hydrogen-bond donors (Lipinski definition) is 1. The van der Waals surface area contributed by atoms with Crippen molar-refractivity contribution in [2.24, 2.45) is 0 Å². The first-order valence-electron chi connectivity index (χ1n) is 8.31. The van der Waals surface area contributed by atoms with Crippen LogP contribution in [0.2, 0.25) is 0 Å². The molecule has 0 aliphatic rings. The van der Waals surface area contributed by atoms with Crippen molar-refractivity contribution in [3.8, 4) is 11.5 Å². The van der Waals surface area contributed by atoms with Gasteiger partial charge in [0.25, 0.3) is 5.91 Å². The molecular weight excluding hydrogens is 391 g/mol. The molecule has 0 spiro atoms. The fraction of sp³-hybridized carbons (Fsp3) is 0.200. The summed E-state index contributed by atoms with van der Waals surface area (Å²) in [7, 11) is 1.47. The maximum atomic E-state index is 12.1. The Morgan fingerprint density at radius 3 is 2.41 bits per heavy atom. The molecule has 0 fully saturated rings. The molecule has 0 heterocycles. The zero-order valence-electron chi connectivity index (χ0n) is 15.6. The Hall–Kier alpha value is -3.49. The van der Waals surface area contributed by atoms with Crippen molar-refractivity contribution in [2.75, 3.05) is 19.0 Å². The van der Waals surface area contributed by atoms with Crippen LogP contribution in [0.1, 0.15) is 11.1 Å². The van der Waals surface area contributed by atoms with Gasteiger partial charge in [0, 0.05) is 6.08 Å². The molecule has 1 N–H and O–H groups in total. The van der Waals surface area contributed by atoms with E-state index in [4.69, 9.17) is 9.47 Å². The predicted octanol–water partition coefficient (Wildman–Crippen LogP) is 4.10. The van der Waals surface area contributed by atoms with Crippen molar-refractivity contribution in [2.45, 2.75) is 13.3 Å². The van der Waals surface area contributed by atoms with Gasteiger partial charge in [-0.1, -0.05) is 18.2 Å². The number of rotatable bonds is 7. The van der Waals surface area contributed by atoms with E-state index in [0.717, 1.165) is 23.8 Å². The number of ether oxygens (including phenoxy) is 3. The summed E-state index contributed by atoms with van der Waals surface area (Å²) >= 11 is 0. The molecular formula is C20H18F3NO5. The summed E-state index contributed by atoms with van der Waals surface area (Å²) in [6.45, 7) is 1.33. The molecule has 29 heavy (non-hydrogen) atoms. The van der Waals surface area contributed by atoms with Crippen LogP contribution >= 0.6 is 0 Å². The topological polar surface area (TPSA) is 73.9 Å². The van der Waals surface area contributed by atoms with Crippen LogP contribution in [-0.4, -0.2) is 32.0 Å². The van der Waals surface area contributed by atoms with E-state index >= 15 is 0 Å². The van der Waals surface area contributed by atoms with E-state index in [2.05, 4.69) is 10.1 Å². The number of hydrogen-bond acceptors (Lipinski definition) is 5. The van der Waals surface area contributed by atoms with Gasteiger partial charge in [0.15, 0.2) is 6.61 Å². The molecule has 0 atom stereocenters. The maximum absolute atomic E-state index is 12.1. The molecule has 0 unspecified atom stereocenters. The fourth-order valence-corrected chi connectivity index (χ4v) is 2.24. The lowest BCUT2D eigenvalue weighted by atomic mass is 10.2. The van der Waals surface area contributed by atoms with Crippen LogP contribution in [0.3, 0.4) is 0 Å². The molecule has 0 aliphatic heterocycles. The van der Waals surface area contributed by atoms with Crippen LogP contribution in [0.5, 0.6) is 11.5 Å². The van der Waals surface area contributed by atoms with Gasteiger partial charge in [-0.15, -0.1) is 13.2 Å². The number of esters is 1. The maximum Gasteiger partial charge on any atom is 0.573 e. The standard InChI is InChI=1S/C20H18F3NO5/c1-13-3-9-17(27-2)16(11-13)24-18(25)12-28-19(26)10-6-14-4-7-15(8-5-14)29-20(21,22)23/h3-11H,12H2,1-2H3,(H,24,25)/b10-6+. The Kier molecular flexibility index (Phi) is 7.24. The summed E-state index contributed by atoms with van der Waals surface area (Å²) in [5.74, 6) is -1.25. The number of halogens is 3. The number of benzene rings is 2. The molecule has 154 valence electrons. The first kappa shape index (κ1) is 21.8. The van der Waals surface area contributed by atoms with Gasteiger partial charge < -0.3 is 19.5 Å². The first-order valence-corrected chi connectivity index (χ1v) is 8.31. The summed E-state index contributed by atoms with van der Waals surface area (Å²) in [4.78, 5) is 23.7. The Bertz CT molecular complexity index is 892. The quantitative estimate of drug-likeness (QED) is 0.551. The van der Waals surface area contributed by atoms with Crippen molar-refractivity contribution in [3.63, 3.8) is 0 Å². The molecule has 0 saturated carbocycles. The largest absolute Gasteiger partial charge is 0.573 e. The number of carbonyl (C=O) groups is 2. The van der Waals surface area contributed by atoms with Gasteiger partial charge >= 0.3 is 12.3 Å². The highest BCUT2D eigenvalue weighted by atomic mass is 19.4. The van der Waals surface area contributed by atoms with Crippen molar-refractivity contribution >= 4 is 23.6 Å². The second kappa shape index (κ2) is 9.63. The third kappa shape index (κ3) is 7.57. The summed E-state index contributed by atoms with van der Waals surface area (Å²) in [5.41, 5.74) is 1.81. The van der Waals surface area contributed by atoms with E-state index in [1.165, 1.54) is 25.3 Å². The van der Waals surface area contributed by atoms with Gasteiger partial charge in [0.05, 0.1) is 12.8 Å². The van der Waals surface area contributed by atoms with Gasteiger partial charge in [0.1, 0.15) is 11.5 Å². The Balaban J connectivity index is 1.85. The van der Waals surface area contributed by atoms with Gasteiger partial charge in [0.2, 0.25) is 0 Å². The zero-order valence-corrected chi connectivity index (χ0v) is 15.6. The van der Waals surface area contributed by atoms with Crippen LogP contribution < -0.4 is 14.8 Å². The van der Waals surface area contributed by atoms with Crippen LogP contribution in [0, 0.1) is 6.92 Å². The average Bonchev–Trinajstić information content (AvgIpc) is 2.65. The van der Waals surface area contributed by atoms with E-state index < -0.39 is 24.8 Å². The lowest BCUT2D eigenvalue weighted by molar-refractivity contribution is -0.274. The SMILES string of the molecule is COc1ccc(C)cc1NC(=O)COC(=O)/C=C/c1ccc(OC(F)(F)F)cc1. The lowest BCUT2D eigenvalue weighted by Crippen LogP contribution is -2.20. The minimum absolute atomic E-state index is 0.375. The molecule has 2 rings (SSSR count). The van der Waals surface area contributed by atoms with Crippen LogP contribution in [-0.2, 0) is 14.3 Å². The third-order valence-electron chi connectivity index (χ3n) is 3.50. The molecule has 0 bridgehead atoms. The summed E-state index contributed by atoms with van der Waals surface area (Å²) in [6.07, 6.45) is -2.38. The number of methoxy groups -OCH3 is 1. The lowest BCUT2D eigenvalue weighted by Gasteiger charge is -2.11. The van der Waals surface area contributed by atoms with Crippen molar-refractivity contribution in [1.82, 2.24) is 0 Å². The number of nitrogens with one attached hydrogen (secondary N) is 1. The second-order valence-electron chi connectivity index (χ2n) is 5.81. The van der Waals surface area contributed by atoms with Crippen LogP contribution in [0.25, 0.3) is 6.08 Å². The average molecular weight is 409 g/mol. The molecule has 0 radical (unpaired) electrons. The van der Waals surface area contributed by atoms with Gasteiger partial charge in [-0.25, -0.2) is 4.79 Å². The molecule has 0 saturated heterocycles. The Morgan fingerprint density at radius 2 is 1.79 bits per heavy atom. The van der Waals surface area contributed by atoms with Crippen LogP contribution in [0.15, 0.2) is 48.5 Å².